The van der Waals surface area contributed by atoms with Gasteiger partial charge in [-0.3, -0.25) is 4.79 Å². The van der Waals surface area contributed by atoms with Crippen LogP contribution in [0.15, 0.2) is 47.6 Å². The molecule has 1 amide bonds. The number of benzene rings is 2. The van der Waals surface area contributed by atoms with Gasteiger partial charge in [-0.2, -0.15) is 5.10 Å². The number of hydrazone groups is 1. The van der Waals surface area contributed by atoms with E-state index in [1.54, 1.807) is 44.6 Å². The molecule has 2 rings (SSSR count). The van der Waals surface area contributed by atoms with Crippen molar-refractivity contribution >= 4 is 23.2 Å². The predicted molar refractivity (Wildman–Crippen MR) is 101 cm³/mol. The molecule has 0 saturated heterocycles. The van der Waals surface area contributed by atoms with Crippen molar-refractivity contribution < 1.29 is 19.0 Å². The van der Waals surface area contributed by atoms with E-state index in [1.165, 1.54) is 0 Å². The minimum Gasteiger partial charge on any atom is -0.493 e. The molecule has 0 aromatic heterocycles. The van der Waals surface area contributed by atoms with Gasteiger partial charge in [0.1, 0.15) is 5.75 Å². The molecule has 0 aliphatic heterocycles. The summed E-state index contributed by atoms with van der Waals surface area (Å²) in [6, 6.07) is 12.3. The molecule has 2 aromatic carbocycles. The van der Waals surface area contributed by atoms with Gasteiger partial charge < -0.3 is 14.2 Å². The number of methoxy groups -OCH3 is 2. The molecule has 0 atom stereocenters. The Hall–Kier alpha value is -2.73. The lowest BCUT2D eigenvalue weighted by Gasteiger charge is -2.11. The summed E-state index contributed by atoms with van der Waals surface area (Å²) in [5.74, 6) is 1.44. The number of halogens is 1. The maximum absolute atomic E-state index is 11.9. The van der Waals surface area contributed by atoms with Crippen molar-refractivity contribution in [3.05, 3.63) is 53.1 Å². The van der Waals surface area contributed by atoms with Crippen LogP contribution in [0.25, 0.3) is 0 Å². The number of nitrogens with zero attached hydrogens (tertiary/aromatic N) is 1. The van der Waals surface area contributed by atoms with Gasteiger partial charge in [0.25, 0.3) is 5.91 Å². The molecule has 0 aliphatic rings. The lowest BCUT2D eigenvalue weighted by atomic mass is 10.1. The van der Waals surface area contributed by atoms with E-state index in [-0.39, 0.29) is 12.5 Å². The quantitative estimate of drug-likeness (QED) is 0.563. The van der Waals surface area contributed by atoms with E-state index < -0.39 is 0 Å². The average Bonchev–Trinajstić information content (AvgIpc) is 2.67. The fourth-order valence-corrected chi connectivity index (χ4v) is 2.33. The Bertz CT molecular complexity index is 776. The van der Waals surface area contributed by atoms with Gasteiger partial charge in [0, 0.05) is 10.6 Å². The molecule has 0 bridgehead atoms. The highest BCUT2D eigenvalue weighted by molar-refractivity contribution is 6.30. The van der Waals surface area contributed by atoms with E-state index in [2.05, 4.69) is 10.5 Å². The van der Waals surface area contributed by atoms with Crippen molar-refractivity contribution in [3.8, 4) is 17.2 Å². The van der Waals surface area contributed by atoms with Gasteiger partial charge in [-0.15, -0.1) is 0 Å². The van der Waals surface area contributed by atoms with E-state index in [4.69, 9.17) is 25.8 Å². The van der Waals surface area contributed by atoms with Crippen molar-refractivity contribution in [3.63, 3.8) is 0 Å². The number of hydrogen-bond acceptors (Lipinski definition) is 5. The summed E-state index contributed by atoms with van der Waals surface area (Å²) in [6.45, 7) is 1.81. The zero-order valence-corrected chi connectivity index (χ0v) is 15.7. The first-order chi connectivity index (χ1) is 12.6. The Morgan fingerprint density at radius 2 is 1.77 bits per heavy atom. The zero-order chi connectivity index (χ0) is 18.9. The third-order valence-electron chi connectivity index (χ3n) is 3.55. The predicted octanol–water partition coefficient (Wildman–Crippen LogP) is 3.67. The minimum atomic E-state index is -0.355. The molecule has 138 valence electrons. The molecule has 7 heteroatoms. The summed E-state index contributed by atoms with van der Waals surface area (Å²) in [4.78, 5) is 11.9. The molecular formula is C19H21ClN2O4. The van der Waals surface area contributed by atoms with E-state index >= 15 is 0 Å². The number of amides is 1. The van der Waals surface area contributed by atoms with Crippen molar-refractivity contribution in [1.29, 1.82) is 0 Å². The Morgan fingerprint density at radius 1 is 1.08 bits per heavy atom. The molecule has 0 spiro atoms. The second-order valence-electron chi connectivity index (χ2n) is 5.26. The number of carbonyl (C=O) groups excluding carboxylic acids is 1. The molecule has 0 heterocycles. The molecule has 6 nitrogen and oxygen atoms in total. The van der Waals surface area contributed by atoms with Crippen LogP contribution in [0.4, 0.5) is 0 Å². The third-order valence-corrected chi connectivity index (χ3v) is 3.80. The summed E-state index contributed by atoms with van der Waals surface area (Å²) in [5.41, 5.74) is 4.06. The number of hydrogen-bond donors (Lipinski definition) is 1. The first-order valence-corrected chi connectivity index (χ1v) is 8.41. The summed E-state index contributed by atoms with van der Waals surface area (Å²) < 4.78 is 15.9. The first kappa shape index (κ1) is 19.6. The van der Waals surface area contributed by atoms with Crippen LogP contribution >= 0.6 is 11.6 Å². The summed E-state index contributed by atoms with van der Waals surface area (Å²) in [7, 11) is 3.15. The van der Waals surface area contributed by atoms with Crippen LogP contribution in [0.3, 0.4) is 0 Å². The standard InChI is InChI=1S/C19H21ClN2O4/c1-4-16(13-5-10-17(24-2)18(11-13)25-3)21-22-19(23)12-26-15-8-6-14(20)7-9-15/h5-11H,4,12H2,1-3H3,(H,22,23)/b21-16-. The number of nitrogens with one attached hydrogen (secondary N) is 1. The molecule has 0 fully saturated rings. The molecule has 26 heavy (non-hydrogen) atoms. The molecular weight excluding hydrogens is 356 g/mol. The SMILES string of the molecule is CC/C(=N/NC(=O)COc1ccc(Cl)cc1)c1ccc(OC)c(OC)c1. The fourth-order valence-electron chi connectivity index (χ4n) is 2.21. The molecule has 2 aromatic rings. The highest BCUT2D eigenvalue weighted by Gasteiger charge is 2.09. The average molecular weight is 377 g/mol. The molecule has 0 aliphatic carbocycles. The molecule has 1 N–H and O–H groups in total. The van der Waals surface area contributed by atoms with Crippen LogP contribution in [0, 0.1) is 0 Å². The summed E-state index contributed by atoms with van der Waals surface area (Å²) in [6.07, 6.45) is 0.633. The molecule has 0 radical (unpaired) electrons. The van der Waals surface area contributed by atoms with Gasteiger partial charge in [-0.05, 0) is 48.9 Å². The van der Waals surface area contributed by atoms with E-state index in [9.17, 15) is 4.79 Å². The van der Waals surface area contributed by atoms with Crippen LogP contribution in [-0.4, -0.2) is 32.4 Å². The van der Waals surface area contributed by atoms with Crippen molar-refractivity contribution in [2.75, 3.05) is 20.8 Å². The highest BCUT2D eigenvalue weighted by Crippen LogP contribution is 2.28. The summed E-state index contributed by atoms with van der Waals surface area (Å²) >= 11 is 5.80. The molecule has 0 unspecified atom stereocenters. The largest absolute Gasteiger partial charge is 0.493 e. The van der Waals surface area contributed by atoms with Gasteiger partial charge >= 0.3 is 0 Å². The van der Waals surface area contributed by atoms with Gasteiger partial charge in [-0.1, -0.05) is 18.5 Å². The normalized spacial score (nSPS) is 11.0. The Morgan fingerprint density at radius 3 is 2.38 bits per heavy atom. The van der Waals surface area contributed by atoms with E-state index in [1.807, 2.05) is 19.1 Å². The lowest BCUT2D eigenvalue weighted by Crippen LogP contribution is -2.26. The van der Waals surface area contributed by atoms with Gasteiger partial charge in [0.05, 0.1) is 19.9 Å². The van der Waals surface area contributed by atoms with Gasteiger partial charge in [0.15, 0.2) is 18.1 Å². The first-order valence-electron chi connectivity index (χ1n) is 8.03. The molecule has 0 saturated carbocycles. The van der Waals surface area contributed by atoms with Crippen molar-refractivity contribution in [2.24, 2.45) is 5.10 Å². The third kappa shape index (κ3) is 5.39. The number of rotatable bonds is 8. The zero-order valence-electron chi connectivity index (χ0n) is 14.9. The monoisotopic (exact) mass is 376 g/mol. The van der Waals surface area contributed by atoms with Crippen LogP contribution in [-0.2, 0) is 4.79 Å². The smallest absolute Gasteiger partial charge is 0.277 e. The summed E-state index contributed by atoms with van der Waals surface area (Å²) in [5, 5.41) is 4.79. The number of ether oxygens (including phenoxy) is 3. The van der Waals surface area contributed by atoms with Crippen LogP contribution in [0.5, 0.6) is 17.2 Å². The van der Waals surface area contributed by atoms with E-state index in [0.717, 1.165) is 5.56 Å². The second kappa shape index (κ2) is 9.68. The maximum atomic E-state index is 11.9. The van der Waals surface area contributed by atoms with Gasteiger partial charge in [0.2, 0.25) is 0 Å². The second-order valence-corrected chi connectivity index (χ2v) is 5.70. The van der Waals surface area contributed by atoms with Crippen LogP contribution < -0.4 is 19.6 Å². The van der Waals surface area contributed by atoms with E-state index in [0.29, 0.717) is 34.4 Å². The Balaban J connectivity index is 1.99. The Kier molecular flexibility index (Phi) is 7.29. The number of carbonyl (C=O) groups is 1. The highest BCUT2D eigenvalue weighted by atomic mass is 35.5. The van der Waals surface area contributed by atoms with Crippen LogP contribution in [0.1, 0.15) is 18.9 Å². The minimum absolute atomic E-state index is 0.145. The topological polar surface area (TPSA) is 69.2 Å². The van der Waals surface area contributed by atoms with Crippen molar-refractivity contribution in [2.45, 2.75) is 13.3 Å². The van der Waals surface area contributed by atoms with Crippen molar-refractivity contribution in [1.82, 2.24) is 5.43 Å². The Labute approximate surface area is 157 Å². The van der Waals surface area contributed by atoms with Crippen LogP contribution in [0.2, 0.25) is 5.02 Å². The van der Waals surface area contributed by atoms with Gasteiger partial charge in [-0.25, -0.2) is 5.43 Å². The maximum Gasteiger partial charge on any atom is 0.277 e. The fraction of sp³-hybridized carbons (Fsp3) is 0.263. The lowest BCUT2D eigenvalue weighted by molar-refractivity contribution is -0.123.